The summed E-state index contributed by atoms with van der Waals surface area (Å²) in [6, 6.07) is -2.02. The Morgan fingerprint density at radius 1 is 1.16 bits per heavy atom. The molecule has 1 fully saturated rings. The Labute approximate surface area is 260 Å². The number of nitrogens with zero attached hydrogens (tertiary/aromatic N) is 5. The van der Waals surface area contributed by atoms with E-state index in [9.17, 15) is 31.9 Å². The van der Waals surface area contributed by atoms with Crippen LogP contribution in [-0.4, -0.2) is 90.6 Å². The van der Waals surface area contributed by atoms with Crippen LogP contribution in [0.5, 0.6) is 0 Å². The molecule has 5 atom stereocenters. The van der Waals surface area contributed by atoms with E-state index in [1.54, 1.807) is 12.2 Å². The summed E-state index contributed by atoms with van der Waals surface area (Å²) in [6.45, 7) is 4.32. The van der Waals surface area contributed by atoms with E-state index in [2.05, 4.69) is 35.6 Å². The standard InChI is InChI=1S/C26H36F4N10O4S/c27-18-7-4-16(26(28,29)30)14-19(18)40(32)25(43)34-17-5-2-15(3-6-17)21-20(22(41)36-38-31)23(45-37-21)35-24(42)33-8-1-9-39-10-12-44-13-11-39/h2,4-5,7,15-17,20,23H,1,3,6,8-14,32H2,(H,34,43)(H2,31,36,41)(H2,33,35,42). The average Bonchev–Trinajstić information content (AvgIpc) is 3.43. The largest absolute Gasteiger partial charge is 0.395 e. The number of hydrogen-bond donors (Lipinski definition) is 5. The van der Waals surface area contributed by atoms with E-state index in [4.69, 9.17) is 16.4 Å². The quantitative estimate of drug-likeness (QED) is 0.0364. The molecule has 14 nitrogen and oxygen atoms in total. The smallest absolute Gasteiger partial charge is 0.379 e. The van der Waals surface area contributed by atoms with Crippen molar-refractivity contribution in [1.29, 1.82) is 0 Å². The summed E-state index contributed by atoms with van der Waals surface area (Å²) in [7, 11) is 0. The Bertz CT molecular complexity index is 1250. The van der Waals surface area contributed by atoms with E-state index in [1.165, 1.54) is 0 Å². The number of halogens is 4. The van der Waals surface area contributed by atoms with Crippen molar-refractivity contribution in [2.45, 2.75) is 43.3 Å². The third-order valence-corrected chi connectivity index (χ3v) is 8.71. The van der Waals surface area contributed by atoms with Gasteiger partial charge in [0.25, 0.3) is 5.91 Å². The molecule has 45 heavy (non-hydrogen) atoms. The highest BCUT2D eigenvalue weighted by atomic mass is 32.2. The number of morpholine rings is 1. The molecule has 19 heteroatoms. The predicted molar refractivity (Wildman–Crippen MR) is 156 cm³/mol. The summed E-state index contributed by atoms with van der Waals surface area (Å²) in [5, 5.41) is 14.3. The Morgan fingerprint density at radius 3 is 2.58 bits per heavy atom. The van der Waals surface area contributed by atoms with Crippen molar-refractivity contribution in [3.63, 3.8) is 0 Å². The molecule has 0 saturated carbocycles. The number of alkyl halides is 3. The van der Waals surface area contributed by atoms with Gasteiger partial charge in [0.1, 0.15) is 17.1 Å². The summed E-state index contributed by atoms with van der Waals surface area (Å²) in [5.74, 6) is 5.83. The molecule has 0 aromatic rings. The van der Waals surface area contributed by atoms with Crippen LogP contribution in [0.15, 0.2) is 50.6 Å². The lowest BCUT2D eigenvalue weighted by atomic mass is 9.83. The number of allylic oxidation sites excluding steroid dienone is 5. The van der Waals surface area contributed by atoms with Crippen LogP contribution in [0.1, 0.15) is 25.7 Å². The Balaban J connectivity index is 1.30. The van der Waals surface area contributed by atoms with Crippen molar-refractivity contribution >= 4 is 35.6 Å². The van der Waals surface area contributed by atoms with Crippen molar-refractivity contribution in [3.05, 3.63) is 35.8 Å². The summed E-state index contributed by atoms with van der Waals surface area (Å²) in [4.78, 5) is 40.4. The monoisotopic (exact) mass is 660 g/mol. The molecule has 0 aromatic carbocycles. The van der Waals surface area contributed by atoms with Gasteiger partial charge >= 0.3 is 18.2 Å². The van der Waals surface area contributed by atoms with Gasteiger partial charge in [-0.25, -0.2) is 29.2 Å². The molecule has 0 radical (unpaired) electrons. The van der Waals surface area contributed by atoms with Gasteiger partial charge in [0.2, 0.25) is 0 Å². The van der Waals surface area contributed by atoms with Gasteiger partial charge in [-0.05, 0) is 43.8 Å². The van der Waals surface area contributed by atoms with Crippen molar-refractivity contribution in [2.24, 2.45) is 44.2 Å². The third kappa shape index (κ3) is 9.24. The second-order valence-electron chi connectivity index (χ2n) is 10.8. The lowest BCUT2D eigenvalue weighted by molar-refractivity contribution is -0.161. The van der Waals surface area contributed by atoms with E-state index >= 15 is 0 Å². The number of urea groups is 2. The van der Waals surface area contributed by atoms with Crippen molar-refractivity contribution < 1.29 is 36.7 Å². The molecule has 0 spiro atoms. The van der Waals surface area contributed by atoms with Crippen LogP contribution in [0.25, 0.3) is 0 Å². The number of nitrogens with two attached hydrogens (primary N) is 2. The van der Waals surface area contributed by atoms with E-state index in [0.717, 1.165) is 38.0 Å². The molecule has 248 valence electrons. The maximum atomic E-state index is 14.2. The van der Waals surface area contributed by atoms with Crippen LogP contribution in [0, 0.1) is 17.8 Å². The Morgan fingerprint density at radius 2 is 1.91 bits per heavy atom. The number of carbonyl (C=O) groups excluding carboxylic acids is 3. The minimum absolute atomic E-state index is 0.345. The maximum Gasteiger partial charge on any atom is 0.395 e. The molecular formula is C26H36F4N10O4S. The number of carbonyl (C=O) groups is 3. The first-order valence-corrected chi connectivity index (χ1v) is 15.2. The second kappa shape index (κ2) is 15.6. The minimum atomic E-state index is -4.62. The molecule has 0 aromatic heterocycles. The highest BCUT2D eigenvalue weighted by Gasteiger charge is 2.43. The highest BCUT2D eigenvalue weighted by Crippen LogP contribution is 2.38. The van der Waals surface area contributed by atoms with Gasteiger partial charge in [0, 0.05) is 43.7 Å². The lowest BCUT2D eigenvalue weighted by Gasteiger charge is -2.30. The number of amides is 5. The van der Waals surface area contributed by atoms with Crippen molar-refractivity contribution in [2.75, 3.05) is 39.4 Å². The number of hydrazine groups is 1. The van der Waals surface area contributed by atoms with E-state index in [0.29, 0.717) is 55.5 Å². The molecule has 4 aliphatic rings. The highest BCUT2D eigenvalue weighted by molar-refractivity contribution is 7.99. The topological polar surface area (TPSA) is 192 Å². The molecule has 5 unspecified atom stereocenters. The lowest BCUT2D eigenvalue weighted by Crippen LogP contribution is -2.49. The summed E-state index contributed by atoms with van der Waals surface area (Å²) < 4.78 is 63.4. The minimum Gasteiger partial charge on any atom is -0.379 e. The van der Waals surface area contributed by atoms with E-state index < -0.39 is 65.3 Å². The first-order chi connectivity index (χ1) is 21.5. The number of rotatable bonds is 9. The van der Waals surface area contributed by atoms with Crippen LogP contribution in [-0.2, 0) is 9.53 Å². The molecule has 0 bridgehead atoms. The van der Waals surface area contributed by atoms with Gasteiger partial charge in [0.05, 0.1) is 24.8 Å². The Kier molecular flexibility index (Phi) is 11.9. The predicted octanol–water partition coefficient (Wildman–Crippen LogP) is 2.45. The Hall–Kier alpha value is -3.55. The molecule has 5 amide bonds. The number of nitrogens with one attached hydrogen (secondary N) is 3. The molecule has 2 aliphatic heterocycles. The van der Waals surface area contributed by atoms with Crippen molar-refractivity contribution in [1.82, 2.24) is 25.9 Å². The number of ether oxygens (including phenoxy) is 1. The van der Waals surface area contributed by atoms with Crippen LogP contribution >= 0.6 is 11.9 Å². The summed E-state index contributed by atoms with van der Waals surface area (Å²) in [5.41, 5.74) is -0.140. The fourth-order valence-electron chi connectivity index (χ4n) is 5.33. The van der Waals surface area contributed by atoms with Crippen LogP contribution in [0.4, 0.5) is 27.2 Å². The maximum absolute atomic E-state index is 14.2. The average molecular weight is 661 g/mol. The molecule has 7 N–H and O–H groups in total. The molecule has 1 saturated heterocycles. The van der Waals surface area contributed by atoms with Gasteiger partial charge in [-0.15, -0.1) is 0 Å². The summed E-state index contributed by atoms with van der Waals surface area (Å²) in [6.07, 6.45) is 0.740. The zero-order chi connectivity index (χ0) is 32.6. The zero-order valence-corrected chi connectivity index (χ0v) is 25.0. The van der Waals surface area contributed by atoms with Crippen molar-refractivity contribution in [3.8, 4) is 0 Å². The first-order valence-electron chi connectivity index (χ1n) is 14.4. The van der Waals surface area contributed by atoms with Gasteiger partial charge in [-0.3, -0.25) is 9.69 Å². The molecule has 2 heterocycles. The van der Waals surface area contributed by atoms with E-state index in [1.807, 2.05) is 0 Å². The van der Waals surface area contributed by atoms with Gasteiger partial charge in [-0.1, -0.05) is 28.6 Å². The van der Waals surface area contributed by atoms with E-state index in [-0.39, 0.29) is 5.92 Å². The molecule has 4 rings (SSSR count). The van der Waals surface area contributed by atoms with Crippen LogP contribution in [0.3, 0.4) is 0 Å². The summed E-state index contributed by atoms with van der Waals surface area (Å²) >= 11 is 1.01. The third-order valence-electron chi connectivity index (χ3n) is 7.78. The van der Waals surface area contributed by atoms with Gasteiger partial charge < -0.3 is 26.5 Å². The van der Waals surface area contributed by atoms with Gasteiger partial charge in [-0.2, -0.15) is 13.2 Å². The van der Waals surface area contributed by atoms with Crippen LogP contribution < -0.4 is 27.6 Å². The van der Waals surface area contributed by atoms with Crippen LogP contribution in [0.2, 0.25) is 0 Å². The fourth-order valence-corrected chi connectivity index (χ4v) is 6.35. The molecular weight excluding hydrogens is 624 g/mol. The first kappa shape index (κ1) is 34.3. The fraction of sp³-hybridized carbons (Fsp3) is 0.615. The SMILES string of the molecule is NN=NC(=O)C1C(C2C=CC(NC(=O)N(N)C3=C(F)C=CC(C(F)(F)F)C3)CC2)=NSC1NC(=O)NCCCN1CCOCC1. The second-order valence-corrected chi connectivity index (χ2v) is 11.7. The normalized spacial score (nSPS) is 27.4. The zero-order valence-electron chi connectivity index (χ0n) is 24.2. The van der Waals surface area contributed by atoms with Gasteiger partial charge in [0.15, 0.2) is 0 Å². The number of hydrogen-bond acceptors (Lipinski definition) is 9. The molecule has 2 aliphatic carbocycles.